The molecule has 1 rings (SSSR count). The van der Waals surface area contributed by atoms with Crippen molar-refractivity contribution in [1.29, 1.82) is 0 Å². The Kier molecular flexibility index (Phi) is 4.70. The van der Waals surface area contributed by atoms with E-state index in [2.05, 4.69) is 19.2 Å². The molecular weight excluding hydrogens is 178 g/mol. The topological polar surface area (TPSA) is 45.4 Å². The second-order valence-corrected chi connectivity index (χ2v) is 3.67. The predicted octanol–water partition coefficient (Wildman–Crippen LogP) is 1.95. The second kappa shape index (κ2) is 5.83. The molecule has 1 aromatic rings. The smallest absolute Gasteiger partial charge is 0.123 e. The number of rotatable bonds is 6. The minimum absolute atomic E-state index is 0.0704. The number of furan rings is 1. The summed E-state index contributed by atoms with van der Waals surface area (Å²) in [5.41, 5.74) is 0. The average Bonchev–Trinajstić information content (AvgIpc) is 2.72. The molecule has 0 aromatic carbocycles. The highest BCUT2D eigenvalue weighted by molar-refractivity contribution is 5.04. The Hall–Kier alpha value is -0.800. The number of nitrogens with one attached hydrogen (secondary N) is 1. The fourth-order valence-electron chi connectivity index (χ4n) is 1.23. The van der Waals surface area contributed by atoms with Crippen molar-refractivity contribution in [2.45, 2.75) is 26.3 Å². The molecule has 0 saturated carbocycles. The van der Waals surface area contributed by atoms with E-state index < -0.39 is 0 Å². The molecule has 80 valence electrons. The third-order valence-electron chi connectivity index (χ3n) is 2.48. The molecular formula is C11H19NO2. The van der Waals surface area contributed by atoms with Crippen molar-refractivity contribution in [2.24, 2.45) is 5.92 Å². The van der Waals surface area contributed by atoms with Crippen LogP contribution >= 0.6 is 0 Å². The van der Waals surface area contributed by atoms with E-state index >= 15 is 0 Å². The number of hydrogen-bond acceptors (Lipinski definition) is 3. The molecule has 1 heterocycles. The first-order chi connectivity index (χ1) is 6.77. The molecule has 2 atom stereocenters. The Morgan fingerprint density at radius 1 is 1.57 bits per heavy atom. The van der Waals surface area contributed by atoms with Crippen LogP contribution in [0.15, 0.2) is 22.8 Å². The Labute approximate surface area is 85.1 Å². The van der Waals surface area contributed by atoms with Gasteiger partial charge in [0, 0.05) is 0 Å². The van der Waals surface area contributed by atoms with E-state index in [0.29, 0.717) is 5.92 Å². The van der Waals surface area contributed by atoms with Crippen LogP contribution in [-0.4, -0.2) is 18.3 Å². The molecule has 3 heteroatoms. The molecule has 0 aliphatic heterocycles. The zero-order valence-corrected chi connectivity index (χ0v) is 8.86. The highest BCUT2D eigenvalue weighted by Gasteiger charge is 2.12. The van der Waals surface area contributed by atoms with Crippen molar-refractivity contribution in [3.63, 3.8) is 0 Å². The van der Waals surface area contributed by atoms with Crippen LogP contribution in [0.2, 0.25) is 0 Å². The summed E-state index contributed by atoms with van der Waals surface area (Å²) in [5.74, 6) is 1.43. The maximum atomic E-state index is 9.16. The van der Waals surface area contributed by atoms with E-state index in [0.717, 1.165) is 18.7 Å². The van der Waals surface area contributed by atoms with Gasteiger partial charge in [0.25, 0.3) is 0 Å². The lowest BCUT2D eigenvalue weighted by Crippen LogP contribution is -2.28. The lowest BCUT2D eigenvalue weighted by atomic mass is 10.1. The summed E-state index contributed by atoms with van der Waals surface area (Å²) < 4.78 is 5.23. The fraction of sp³-hybridized carbons (Fsp3) is 0.636. The monoisotopic (exact) mass is 197 g/mol. The summed E-state index contributed by atoms with van der Waals surface area (Å²) in [4.78, 5) is 0. The molecule has 0 bridgehead atoms. The standard InChI is InChI=1S/C11H19NO2/c1-3-9(2)7-12-10(8-13)11-5-4-6-14-11/h4-6,9-10,12-13H,3,7-8H2,1-2H3. The van der Waals surface area contributed by atoms with Crippen molar-refractivity contribution in [3.05, 3.63) is 24.2 Å². The van der Waals surface area contributed by atoms with Crippen molar-refractivity contribution in [2.75, 3.05) is 13.2 Å². The van der Waals surface area contributed by atoms with Crippen LogP contribution in [0.3, 0.4) is 0 Å². The van der Waals surface area contributed by atoms with Crippen molar-refractivity contribution in [1.82, 2.24) is 5.32 Å². The minimum atomic E-state index is -0.0704. The number of hydrogen-bond donors (Lipinski definition) is 2. The molecule has 1 aromatic heterocycles. The van der Waals surface area contributed by atoms with Gasteiger partial charge >= 0.3 is 0 Å². The molecule has 0 fully saturated rings. The van der Waals surface area contributed by atoms with E-state index in [4.69, 9.17) is 9.52 Å². The summed E-state index contributed by atoms with van der Waals surface area (Å²) in [6.07, 6.45) is 2.77. The Bertz CT molecular complexity index is 233. The van der Waals surface area contributed by atoms with Gasteiger partial charge in [0.1, 0.15) is 5.76 Å². The van der Waals surface area contributed by atoms with Gasteiger partial charge in [-0.25, -0.2) is 0 Å². The van der Waals surface area contributed by atoms with Crippen LogP contribution in [0, 0.1) is 5.92 Å². The number of aliphatic hydroxyl groups is 1. The molecule has 0 aliphatic carbocycles. The SMILES string of the molecule is CCC(C)CNC(CO)c1ccco1. The first kappa shape index (κ1) is 11.3. The van der Waals surface area contributed by atoms with E-state index in [1.807, 2.05) is 12.1 Å². The van der Waals surface area contributed by atoms with E-state index in [1.165, 1.54) is 0 Å². The normalized spacial score (nSPS) is 15.4. The summed E-state index contributed by atoms with van der Waals surface area (Å²) in [6, 6.07) is 3.65. The molecule has 0 radical (unpaired) electrons. The largest absolute Gasteiger partial charge is 0.468 e. The molecule has 0 spiro atoms. The lowest BCUT2D eigenvalue weighted by molar-refractivity contribution is 0.221. The van der Waals surface area contributed by atoms with Crippen molar-refractivity contribution < 1.29 is 9.52 Å². The number of aliphatic hydroxyl groups excluding tert-OH is 1. The van der Waals surface area contributed by atoms with Gasteiger partial charge < -0.3 is 14.8 Å². The van der Waals surface area contributed by atoms with E-state index in [1.54, 1.807) is 6.26 Å². The molecule has 2 N–H and O–H groups in total. The van der Waals surface area contributed by atoms with Gasteiger partial charge in [0.05, 0.1) is 18.9 Å². The van der Waals surface area contributed by atoms with Crippen LogP contribution in [0.25, 0.3) is 0 Å². The molecule has 0 aliphatic rings. The van der Waals surface area contributed by atoms with Gasteiger partial charge in [-0.1, -0.05) is 20.3 Å². The maximum absolute atomic E-state index is 9.16. The van der Waals surface area contributed by atoms with Crippen LogP contribution in [0.5, 0.6) is 0 Å². The fourth-order valence-corrected chi connectivity index (χ4v) is 1.23. The Morgan fingerprint density at radius 3 is 2.86 bits per heavy atom. The lowest BCUT2D eigenvalue weighted by Gasteiger charge is -2.16. The van der Waals surface area contributed by atoms with Gasteiger partial charge in [-0.15, -0.1) is 0 Å². The van der Waals surface area contributed by atoms with E-state index in [9.17, 15) is 0 Å². The third kappa shape index (κ3) is 3.16. The van der Waals surface area contributed by atoms with Crippen LogP contribution in [0.4, 0.5) is 0 Å². The first-order valence-electron chi connectivity index (χ1n) is 5.15. The highest BCUT2D eigenvalue weighted by atomic mass is 16.3. The Balaban J connectivity index is 2.40. The van der Waals surface area contributed by atoms with Crippen LogP contribution in [-0.2, 0) is 0 Å². The van der Waals surface area contributed by atoms with Crippen LogP contribution in [0.1, 0.15) is 32.1 Å². The molecule has 14 heavy (non-hydrogen) atoms. The Morgan fingerprint density at radius 2 is 2.36 bits per heavy atom. The van der Waals surface area contributed by atoms with Gasteiger partial charge in [-0.3, -0.25) is 0 Å². The molecule has 0 saturated heterocycles. The predicted molar refractivity (Wildman–Crippen MR) is 56.0 cm³/mol. The average molecular weight is 197 g/mol. The van der Waals surface area contributed by atoms with Gasteiger partial charge in [-0.05, 0) is 24.6 Å². The second-order valence-electron chi connectivity index (χ2n) is 3.67. The first-order valence-corrected chi connectivity index (χ1v) is 5.15. The quantitative estimate of drug-likeness (QED) is 0.732. The van der Waals surface area contributed by atoms with Crippen LogP contribution < -0.4 is 5.32 Å². The zero-order valence-electron chi connectivity index (χ0n) is 8.86. The third-order valence-corrected chi connectivity index (χ3v) is 2.48. The van der Waals surface area contributed by atoms with E-state index in [-0.39, 0.29) is 12.6 Å². The minimum Gasteiger partial charge on any atom is -0.468 e. The maximum Gasteiger partial charge on any atom is 0.123 e. The van der Waals surface area contributed by atoms with Gasteiger partial charge in [0.15, 0.2) is 0 Å². The van der Waals surface area contributed by atoms with Gasteiger partial charge in [-0.2, -0.15) is 0 Å². The summed E-state index contributed by atoms with van der Waals surface area (Å²) in [7, 11) is 0. The molecule has 0 amide bonds. The summed E-state index contributed by atoms with van der Waals surface area (Å²) >= 11 is 0. The molecule has 3 nitrogen and oxygen atoms in total. The zero-order chi connectivity index (χ0) is 10.4. The van der Waals surface area contributed by atoms with Crippen molar-refractivity contribution in [3.8, 4) is 0 Å². The van der Waals surface area contributed by atoms with Gasteiger partial charge in [0.2, 0.25) is 0 Å². The summed E-state index contributed by atoms with van der Waals surface area (Å²) in [5, 5.41) is 12.4. The molecule has 2 unspecified atom stereocenters. The van der Waals surface area contributed by atoms with Crippen molar-refractivity contribution >= 4 is 0 Å². The summed E-state index contributed by atoms with van der Waals surface area (Å²) in [6.45, 7) is 5.32. The highest BCUT2D eigenvalue weighted by Crippen LogP contribution is 2.13.